The van der Waals surface area contributed by atoms with Crippen LogP contribution in [0.4, 0.5) is 0 Å². The fourth-order valence-corrected chi connectivity index (χ4v) is 4.73. The predicted molar refractivity (Wildman–Crippen MR) is 130 cm³/mol. The maximum atomic E-state index is 11.0. The fourth-order valence-electron chi connectivity index (χ4n) is 3.66. The predicted octanol–water partition coefficient (Wildman–Crippen LogP) is -0.779. The lowest BCUT2D eigenvalue weighted by atomic mass is 9.99. The van der Waals surface area contributed by atoms with Crippen LogP contribution in [-0.2, 0) is 28.5 Å². The second kappa shape index (κ2) is 14.8. The summed E-state index contributed by atoms with van der Waals surface area (Å²) in [5, 5.41) is 49.3. The van der Waals surface area contributed by atoms with Crippen LogP contribution in [0, 0.1) is 0 Å². The molecule has 0 radical (unpaired) electrons. The highest BCUT2D eigenvalue weighted by atomic mass is 32.2. The fraction of sp³-hybridized carbons (Fsp3) is 0.652. The Labute approximate surface area is 217 Å². The first kappa shape index (κ1) is 29.5. The molecule has 208 valence electrons. The van der Waals surface area contributed by atoms with E-state index in [-0.39, 0.29) is 32.2 Å². The van der Waals surface area contributed by atoms with E-state index in [0.717, 1.165) is 0 Å². The molecule has 1 aromatic rings. The minimum atomic E-state index is -1.22. The highest BCUT2D eigenvalue weighted by Crippen LogP contribution is 2.31. The Bertz CT molecular complexity index is 902. The van der Waals surface area contributed by atoms with Gasteiger partial charge in [-0.25, -0.2) is 4.79 Å². The highest BCUT2D eigenvalue weighted by molar-refractivity contribution is 8.14. The monoisotopic (exact) mass is 547 g/mol. The number of hydrogen-bond donors (Lipinski definition) is 5. The van der Waals surface area contributed by atoms with Crippen LogP contribution >= 0.6 is 11.8 Å². The number of aliphatic hydroxyl groups excluding tert-OH is 3. The van der Waals surface area contributed by atoms with E-state index in [2.05, 4.69) is 4.99 Å². The maximum absolute atomic E-state index is 11.0. The average Bonchev–Trinajstić information content (AvgIpc) is 3.37. The number of methoxy groups -OCH3 is 1. The van der Waals surface area contributed by atoms with E-state index in [4.69, 9.17) is 33.5 Å². The van der Waals surface area contributed by atoms with Crippen LogP contribution in [0.3, 0.4) is 0 Å². The number of carbonyl (C=O) groups is 1. The number of carboxylic acids is 1. The second-order valence-electron chi connectivity index (χ2n) is 8.13. The average molecular weight is 548 g/mol. The van der Waals surface area contributed by atoms with Crippen LogP contribution in [0.1, 0.15) is 5.56 Å². The van der Waals surface area contributed by atoms with Gasteiger partial charge in [-0.1, -0.05) is 0 Å². The third-order valence-electron chi connectivity index (χ3n) is 5.61. The van der Waals surface area contributed by atoms with E-state index in [1.807, 2.05) is 0 Å². The van der Waals surface area contributed by atoms with Crippen molar-refractivity contribution in [3.8, 4) is 11.5 Å². The topological polar surface area (TPSA) is 186 Å². The van der Waals surface area contributed by atoms with Crippen molar-refractivity contribution in [2.75, 3.05) is 59.1 Å². The van der Waals surface area contributed by atoms with Crippen molar-refractivity contribution in [3.63, 3.8) is 0 Å². The van der Waals surface area contributed by atoms with Gasteiger partial charge in [-0.15, -0.1) is 11.8 Å². The molecule has 0 aliphatic carbocycles. The number of thioether (sulfide) groups is 1. The van der Waals surface area contributed by atoms with Crippen molar-refractivity contribution in [1.82, 2.24) is 0 Å². The lowest BCUT2D eigenvalue weighted by molar-refractivity contribution is -0.306. The molecule has 0 amide bonds. The molecule has 1 saturated heterocycles. The Hall–Kier alpha value is -2.01. The van der Waals surface area contributed by atoms with E-state index >= 15 is 0 Å². The number of carboxylic acid groups (broad SMARTS) is 1. The number of ether oxygens (including phenoxy) is 6. The smallest absolute Gasteiger partial charge is 0.329 e. The molecule has 13 nitrogen and oxygen atoms in total. The summed E-state index contributed by atoms with van der Waals surface area (Å²) >= 11 is 1.28. The van der Waals surface area contributed by atoms with E-state index in [1.165, 1.54) is 24.9 Å². The summed E-state index contributed by atoms with van der Waals surface area (Å²) in [4.78, 5) is 15.1. The molecule has 6 unspecified atom stereocenters. The van der Waals surface area contributed by atoms with E-state index in [1.54, 1.807) is 12.1 Å². The zero-order chi connectivity index (χ0) is 26.8. The quantitative estimate of drug-likeness (QED) is 0.172. The molecule has 3 rings (SSSR count). The molecule has 1 aromatic carbocycles. The molecule has 2 heterocycles. The minimum Gasteiger partial charge on any atom is -0.507 e. The lowest BCUT2D eigenvalue weighted by Gasteiger charge is -2.41. The summed E-state index contributed by atoms with van der Waals surface area (Å²) in [6, 6.07) is 3.94. The van der Waals surface area contributed by atoms with Crippen molar-refractivity contribution in [1.29, 1.82) is 0 Å². The molecule has 6 atom stereocenters. The molecule has 2 aliphatic heterocycles. The number of aliphatic imine (C=N–C) groups is 1. The Morgan fingerprint density at radius 1 is 1.11 bits per heavy atom. The zero-order valence-electron chi connectivity index (χ0n) is 20.3. The third-order valence-corrected chi connectivity index (χ3v) is 6.69. The van der Waals surface area contributed by atoms with Gasteiger partial charge in [0.2, 0.25) is 0 Å². The summed E-state index contributed by atoms with van der Waals surface area (Å²) in [6.45, 7) is 1.01. The third kappa shape index (κ3) is 8.24. The summed E-state index contributed by atoms with van der Waals surface area (Å²) in [5.74, 6) is -0.262. The van der Waals surface area contributed by atoms with Gasteiger partial charge in [-0.2, -0.15) is 0 Å². The van der Waals surface area contributed by atoms with Gasteiger partial charge < -0.3 is 54.0 Å². The van der Waals surface area contributed by atoms with Gasteiger partial charge in [-0.3, -0.25) is 4.99 Å². The first-order valence-corrected chi connectivity index (χ1v) is 12.7. The first-order chi connectivity index (χ1) is 17.8. The summed E-state index contributed by atoms with van der Waals surface area (Å²) in [7, 11) is 1.34. The number of benzene rings is 1. The number of aromatic hydroxyl groups is 1. The van der Waals surface area contributed by atoms with Gasteiger partial charge in [-0.05, 0) is 12.1 Å². The Kier molecular flexibility index (Phi) is 11.8. The molecule has 2 aliphatic rings. The molecular formula is C23H33NO12S. The molecule has 0 aromatic heterocycles. The van der Waals surface area contributed by atoms with Gasteiger partial charge in [0, 0.05) is 24.5 Å². The van der Waals surface area contributed by atoms with Crippen LogP contribution < -0.4 is 4.74 Å². The molecule has 5 N–H and O–H groups in total. The van der Waals surface area contributed by atoms with Gasteiger partial charge >= 0.3 is 5.97 Å². The number of aliphatic hydroxyl groups is 3. The molecule has 14 heteroatoms. The van der Waals surface area contributed by atoms with Crippen LogP contribution in [0.5, 0.6) is 11.5 Å². The Balaban J connectivity index is 1.25. The number of phenolic OH excluding ortho intramolecular Hbond substituents is 1. The molecule has 1 fully saturated rings. The Morgan fingerprint density at radius 2 is 1.81 bits per heavy atom. The maximum Gasteiger partial charge on any atom is 0.329 e. The number of hydrogen-bond acceptors (Lipinski definition) is 13. The van der Waals surface area contributed by atoms with Crippen LogP contribution in [0.2, 0.25) is 0 Å². The number of rotatable bonds is 15. The molecule has 0 saturated carbocycles. The highest BCUT2D eigenvalue weighted by Gasteiger charge is 2.45. The van der Waals surface area contributed by atoms with Gasteiger partial charge in [0.05, 0.1) is 39.6 Å². The van der Waals surface area contributed by atoms with Crippen molar-refractivity contribution in [2.45, 2.75) is 36.7 Å². The van der Waals surface area contributed by atoms with Crippen molar-refractivity contribution >= 4 is 22.8 Å². The largest absolute Gasteiger partial charge is 0.507 e. The van der Waals surface area contributed by atoms with Crippen molar-refractivity contribution in [2.24, 2.45) is 4.99 Å². The van der Waals surface area contributed by atoms with Gasteiger partial charge in [0.1, 0.15) is 47.6 Å². The zero-order valence-corrected chi connectivity index (χ0v) is 21.1. The lowest BCUT2D eigenvalue weighted by Crippen LogP contribution is -2.59. The van der Waals surface area contributed by atoms with Crippen molar-refractivity contribution < 1.29 is 58.7 Å². The van der Waals surface area contributed by atoms with Gasteiger partial charge in [0.15, 0.2) is 12.3 Å². The molecular weight excluding hydrogens is 514 g/mol. The summed E-state index contributed by atoms with van der Waals surface area (Å²) < 4.78 is 32.3. The Morgan fingerprint density at radius 3 is 2.43 bits per heavy atom. The van der Waals surface area contributed by atoms with Crippen LogP contribution in [0.15, 0.2) is 23.2 Å². The molecule has 37 heavy (non-hydrogen) atoms. The van der Waals surface area contributed by atoms with E-state index in [0.29, 0.717) is 35.3 Å². The molecule has 0 spiro atoms. The minimum absolute atomic E-state index is 0.0433. The summed E-state index contributed by atoms with van der Waals surface area (Å²) in [5.41, 5.74) is 0.465. The SMILES string of the molecule is COC1C(O)C(CO)OC(OCCOCCOCCOc2ccc(C3=NC(C(=O)O)CS3)c(O)c2)C1O. The normalized spacial score (nSPS) is 27.7. The molecule has 0 bridgehead atoms. The second-order valence-corrected chi connectivity index (χ2v) is 9.14. The summed E-state index contributed by atoms with van der Waals surface area (Å²) in [6.07, 6.45) is -5.33. The van der Waals surface area contributed by atoms with E-state index < -0.39 is 49.3 Å². The standard InChI is InChI=1S/C23H33NO12S/c1-31-20-18(27)17(11-25)36-23(19(20)28)35-9-7-33-5-4-32-6-8-34-13-2-3-14(16(26)10-13)21-24-15(12-37-21)22(29)30/h2-3,10,15,17-20,23,25-28H,4-9,11-12H2,1H3,(H,29,30). The first-order valence-electron chi connectivity index (χ1n) is 11.7. The van der Waals surface area contributed by atoms with Crippen LogP contribution in [-0.4, -0.2) is 132 Å². The van der Waals surface area contributed by atoms with E-state index in [9.17, 15) is 25.2 Å². The number of phenols is 1. The van der Waals surface area contributed by atoms with Crippen LogP contribution in [0.25, 0.3) is 0 Å². The number of nitrogens with zero attached hydrogens (tertiary/aromatic N) is 1. The van der Waals surface area contributed by atoms with Crippen molar-refractivity contribution in [3.05, 3.63) is 23.8 Å². The van der Waals surface area contributed by atoms with Gasteiger partial charge in [0.25, 0.3) is 0 Å². The number of aliphatic carboxylic acids is 1.